The molecule has 202 valence electrons. The van der Waals surface area contributed by atoms with Crippen molar-refractivity contribution in [2.24, 2.45) is 5.92 Å². The van der Waals surface area contributed by atoms with Crippen LogP contribution in [-0.4, -0.2) is 70.3 Å². The predicted molar refractivity (Wildman–Crippen MR) is 135 cm³/mol. The van der Waals surface area contributed by atoms with Crippen molar-refractivity contribution in [3.8, 4) is 11.5 Å². The van der Waals surface area contributed by atoms with E-state index in [1.54, 1.807) is 18.0 Å². The van der Waals surface area contributed by atoms with Gasteiger partial charge in [-0.3, -0.25) is 4.79 Å². The summed E-state index contributed by atoms with van der Waals surface area (Å²) in [6.45, 7) is 2.74. The number of rotatable bonds is 3. The van der Waals surface area contributed by atoms with Gasteiger partial charge in [-0.05, 0) is 74.2 Å². The number of hydrogen-bond donors (Lipinski definition) is 2. The molecule has 2 heterocycles. The molecule has 2 bridgehead atoms. The number of piperidine rings is 1. The maximum Gasteiger partial charge on any atom is 0.416 e. The molecule has 2 aromatic carbocycles. The van der Waals surface area contributed by atoms with E-state index in [0.717, 1.165) is 29.8 Å². The SMILES string of the molecule is C[C@H]1C[C@@]2(O)[C@H]3Cc4ccc(O)c5c4[C@@]2(CCN3C)[C@@H](O5)[C@H]1N(C)C(=O)C=Cc1cccc(C(F)(F)F)c1. The van der Waals surface area contributed by atoms with Gasteiger partial charge >= 0.3 is 6.18 Å². The first-order chi connectivity index (χ1) is 17.9. The van der Waals surface area contributed by atoms with Gasteiger partial charge in [0.25, 0.3) is 0 Å². The van der Waals surface area contributed by atoms with Crippen molar-refractivity contribution in [1.82, 2.24) is 9.80 Å². The number of carbonyl (C=O) groups excluding carboxylic acids is 1. The van der Waals surface area contributed by atoms with E-state index in [0.29, 0.717) is 25.0 Å². The Morgan fingerprint density at radius 2 is 2.03 bits per heavy atom. The number of likely N-dealkylation sites (tertiary alicyclic amines) is 1. The normalized spacial score (nSPS) is 33.7. The number of amides is 1. The highest BCUT2D eigenvalue weighted by molar-refractivity contribution is 5.92. The van der Waals surface area contributed by atoms with Gasteiger partial charge < -0.3 is 24.7 Å². The number of carbonyl (C=O) groups is 1. The molecule has 6 rings (SSSR count). The highest BCUT2D eigenvalue weighted by atomic mass is 19.4. The first-order valence-electron chi connectivity index (χ1n) is 13.0. The van der Waals surface area contributed by atoms with Crippen LogP contribution in [0.25, 0.3) is 6.08 Å². The summed E-state index contributed by atoms with van der Waals surface area (Å²) in [5.41, 5.74) is -0.454. The number of ether oxygens (including phenoxy) is 1. The molecule has 0 aromatic heterocycles. The number of hydrogen-bond acceptors (Lipinski definition) is 5. The fraction of sp³-hybridized carbons (Fsp3) is 0.483. The number of halogens is 3. The Hall–Kier alpha value is -3.04. The molecular formula is C29H31F3N2O4. The molecular weight excluding hydrogens is 497 g/mol. The summed E-state index contributed by atoms with van der Waals surface area (Å²) in [6, 6.07) is 7.84. The topological polar surface area (TPSA) is 73.2 Å². The summed E-state index contributed by atoms with van der Waals surface area (Å²) in [6.07, 6.45) is -0.652. The standard InChI is InChI=1S/C29H31F3N2O4/c1-16-15-28(37)21-14-18-8-9-20(35)25-23(18)27(28,11-12-33(21)2)26(38-25)24(16)34(3)22(36)10-7-17-5-4-6-19(13-17)29(30,31)32/h4-10,13,16,21,24,26,35,37H,11-12,14-15H2,1-3H3/t16-,21+,24-,26-,27-,28+/m0/s1. The number of aromatic hydroxyl groups is 1. The molecule has 2 aromatic rings. The van der Waals surface area contributed by atoms with Crippen LogP contribution in [0.15, 0.2) is 42.5 Å². The lowest BCUT2D eigenvalue weighted by Crippen LogP contribution is -2.79. The predicted octanol–water partition coefficient (Wildman–Crippen LogP) is 3.98. The van der Waals surface area contributed by atoms with Gasteiger partial charge in [0.15, 0.2) is 11.5 Å². The highest BCUT2D eigenvalue weighted by Crippen LogP contribution is 2.66. The largest absolute Gasteiger partial charge is 0.504 e. The van der Waals surface area contributed by atoms with Crippen molar-refractivity contribution in [2.75, 3.05) is 20.6 Å². The third kappa shape index (κ3) is 3.30. The van der Waals surface area contributed by atoms with Gasteiger partial charge in [-0.15, -0.1) is 0 Å². The van der Waals surface area contributed by atoms with E-state index in [1.807, 2.05) is 20.0 Å². The van der Waals surface area contributed by atoms with Crippen molar-refractivity contribution in [1.29, 1.82) is 0 Å². The molecule has 2 fully saturated rings. The Bertz CT molecular complexity index is 1340. The van der Waals surface area contributed by atoms with Gasteiger partial charge in [-0.25, -0.2) is 0 Å². The molecule has 6 atom stereocenters. The van der Waals surface area contributed by atoms with Crippen molar-refractivity contribution < 1.29 is 32.9 Å². The second-order valence-electron chi connectivity index (χ2n) is 11.4. The Kier molecular flexibility index (Phi) is 5.47. The molecule has 38 heavy (non-hydrogen) atoms. The van der Waals surface area contributed by atoms with Crippen LogP contribution in [0.2, 0.25) is 0 Å². The van der Waals surface area contributed by atoms with Crippen LogP contribution in [0.5, 0.6) is 11.5 Å². The maximum atomic E-state index is 13.4. The van der Waals surface area contributed by atoms with Crippen LogP contribution < -0.4 is 4.74 Å². The zero-order valence-corrected chi connectivity index (χ0v) is 21.5. The number of phenols is 1. The molecule has 2 aliphatic carbocycles. The van der Waals surface area contributed by atoms with Crippen molar-refractivity contribution >= 4 is 12.0 Å². The van der Waals surface area contributed by atoms with Gasteiger partial charge in [0.05, 0.1) is 22.6 Å². The van der Waals surface area contributed by atoms with Crippen LogP contribution in [0.3, 0.4) is 0 Å². The Balaban J connectivity index is 1.36. The molecule has 0 unspecified atom stereocenters. The summed E-state index contributed by atoms with van der Waals surface area (Å²) in [5, 5.41) is 23.2. The highest BCUT2D eigenvalue weighted by Gasteiger charge is 2.74. The lowest BCUT2D eigenvalue weighted by molar-refractivity contribution is -0.208. The van der Waals surface area contributed by atoms with E-state index in [4.69, 9.17) is 4.74 Å². The summed E-state index contributed by atoms with van der Waals surface area (Å²) < 4.78 is 45.9. The van der Waals surface area contributed by atoms with Crippen LogP contribution >= 0.6 is 0 Å². The van der Waals surface area contributed by atoms with E-state index in [1.165, 1.54) is 24.3 Å². The van der Waals surface area contributed by atoms with E-state index in [9.17, 15) is 28.2 Å². The van der Waals surface area contributed by atoms with E-state index in [-0.39, 0.29) is 29.2 Å². The van der Waals surface area contributed by atoms with Crippen LogP contribution in [-0.2, 0) is 22.8 Å². The fourth-order valence-corrected chi connectivity index (χ4v) is 7.84. The second kappa shape index (κ2) is 8.23. The van der Waals surface area contributed by atoms with Crippen LogP contribution in [0, 0.1) is 5.92 Å². The second-order valence-corrected chi connectivity index (χ2v) is 11.4. The van der Waals surface area contributed by atoms with Crippen molar-refractivity contribution in [3.63, 3.8) is 0 Å². The molecule has 1 spiro atoms. The Labute approximate surface area is 219 Å². The van der Waals surface area contributed by atoms with Crippen LogP contribution in [0.4, 0.5) is 13.2 Å². The zero-order chi connectivity index (χ0) is 27.2. The van der Waals surface area contributed by atoms with Gasteiger partial charge in [0.2, 0.25) is 5.91 Å². The molecule has 9 heteroatoms. The minimum atomic E-state index is -4.47. The van der Waals surface area contributed by atoms with E-state index < -0.39 is 34.9 Å². The van der Waals surface area contributed by atoms with Crippen LogP contribution in [0.1, 0.15) is 42.0 Å². The zero-order valence-electron chi connectivity index (χ0n) is 21.5. The Morgan fingerprint density at radius 3 is 2.76 bits per heavy atom. The summed E-state index contributed by atoms with van der Waals surface area (Å²) >= 11 is 0. The van der Waals surface area contributed by atoms with E-state index >= 15 is 0 Å². The summed E-state index contributed by atoms with van der Waals surface area (Å²) in [4.78, 5) is 17.2. The molecule has 1 saturated heterocycles. The van der Waals surface area contributed by atoms with Gasteiger partial charge in [-0.2, -0.15) is 13.2 Å². The number of nitrogens with zero attached hydrogens (tertiary/aromatic N) is 2. The molecule has 2 aliphatic heterocycles. The van der Waals surface area contributed by atoms with E-state index in [2.05, 4.69) is 4.90 Å². The lowest BCUT2D eigenvalue weighted by Gasteiger charge is -2.65. The fourth-order valence-electron chi connectivity index (χ4n) is 7.84. The smallest absolute Gasteiger partial charge is 0.416 e. The molecule has 0 radical (unpaired) electrons. The van der Waals surface area contributed by atoms with Gasteiger partial charge in [0, 0.05) is 24.7 Å². The maximum absolute atomic E-state index is 13.4. The minimum Gasteiger partial charge on any atom is -0.504 e. The van der Waals surface area contributed by atoms with Crippen molar-refractivity contribution in [2.45, 2.75) is 61.6 Å². The molecule has 1 saturated carbocycles. The number of aliphatic hydroxyl groups is 1. The minimum absolute atomic E-state index is 0.0251. The van der Waals surface area contributed by atoms with Gasteiger partial charge in [-0.1, -0.05) is 25.1 Å². The number of benzene rings is 2. The molecule has 4 aliphatic rings. The molecule has 2 N–H and O–H groups in total. The average Bonchev–Trinajstić information content (AvgIpc) is 3.20. The number of phenolic OH excluding ortho intramolecular Hbond substituents is 1. The summed E-state index contributed by atoms with van der Waals surface area (Å²) in [7, 11) is 3.70. The summed E-state index contributed by atoms with van der Waals surface area (Å²) in [5.74, 6) is -0.0862. The first-order valence-corrected chi connectivity index (χ1v) is 13.0. The third-order valence-corrected chi connectivity index (χ3v) is 9.48. The molecule has 6 nitrogen and oxygen atoms in total. The average molecular weight is 529 g/mol. The Morgan fingerprint density at radius 1 is 1.26 bits per heavy atom. The van der Waals surface area contributed by atoms with Crippen molar-refractivity contribution in [3.05, 3.63) is 64.7 Å². The number of alkyl halides is 3. The molecule has 1 amide bonds. The quantitative estimate of drug-likeness (QED) is 0.590. The number of likely N-dealkylation sites (N-methyl/N-ethyl adjacent to an activating group) is 2. The lowest BCUT2D eigenvalue weighted by atomic mass is 9.47. The monoisotopic (exact) mass is 528 g/mol. The third-order valence-electron chi connectivity index (χ3n) is 9.48. The first kappa shape index (κ1) is 25.2. The van der Waals surface area contributed by atoms with Gasteiger partial charge in [0.1, 0.15) is 6.10 Å².